The Morgan fingerprint density at radius 1 is 1.15 bits per heavy atom. The summed E-state index contributed by atoms with van der Waals surface area (Å²) in [6.07, 6.45) is 0. The molecular formula is C15H15IN2OS. The maximum Gasteiger partial charge on any atom is 0.237 e. The Hall–Kier alpha value is -1.21. The van der Waals surface area contributed by atoms with Crippen molar-refractivity contribution in [3.8, 4) is 0 Å². The third kappa shape index (κ3) is 4.42. The normalized spacial score (nSPS) is 11.9. The molecule has 20 heavy (non-hydrogen) atoms. The number of nitrogen functional groups attached to an aromatic ring is 1. The van der Waals surface area contributed by atoms with Crippen LogP contribution >= 0.6 is 34.4 Å². The largest absolute Gasteiger partial charge is 0.399 e. The number of rotatable bonds is 4. The number of thioether (sulfide) groups is 1. The van der Waals surface area contributed by atoms with Crippen molar-refractivity contribution in [3.05, 3.63) is 52.1 Å². The highest BCUT2D eigenvalue weighted by molar-refractivity contribution is 14.1. The molecule has 1 atom stereocenters. The fourth-order valence-corrected chi connectivity index (χ4v) is 2.81. The van der Waals surface area contributed by atoms with Gasteiger partial charge in [0.15, 0.2) is 0 Å². The number of anilines is 2. The fraction of sp³-hybridized carbons (Fsp3) is 0.133. The van der Waals surface area contributed by atoms with Crippen molar-refractivity contribution in [3.63, 3.8) is 0 Å². The predicted octanol–water partition coefficient (Wildman–Crippen LogP) is 3.99. The monoisotopic (exact) mass is 398 g/mol. The van der Waals surface area contributed by atoms with E-state index in [9.17, 15) is 4.79 Å². The first-order chi connectivity index (χ1) is 9.54. The van der Waals surface area contributed by atoms with Crippen molar-refractivity contribution in [2.75, 3.05) is 11.1 Å². The number of benzene rings is 2. The minimum absolute atomic E-state index is 0.00645. The Morgan fingerprint density at radius 3 is 2.35 bits per heavy atom. The molecule has 0 aliphatic heterocycles. The number of nitrogens with two attached hydrogens (primary N) is 1. The molecular weight excluding hydrogens is 383 g/mol. The van der Waals surface area contributed by atoms with Gasteiger partial charge in [0.25, 0.3) is 0 Å². The van der Waals surface area contributed by atoms with Crippen LogP contribution in [0.3, 0.4) is 0 Å². The van der Waals surface area contributed by atoms with Crippen LogP contribution in [-0.4, -0.2) is 11.2 Å². The van der Waals surface area contributed by atoms with Gasteiger partial charge in [-0.05, 0) is 78.0 Å². The zero-order valence-corrected chi connectivity index (χ0v) is 13.9. The number of halogens is 1. The van der Waals surface area contributed by atoms with Crippen LogP contribution in [-0.2, 0) is 4.79 Å². The minimum Gasteiger partial charge on any atom is -0.399 e. The summed E-state index contributed by atoms with van der Waals surface area (Å²) in [5, 5.41) is 2.74. The number of amides is 1. The summed E-state index contributed by atoms with van der Waals surface area (Å²) < 4.78 is 1.14. The van der Waals surface area contributed by atoms with Crippen LogP contribution in [0.5, 0.6) is 0 Å². The van der Waals surface area contributed by atoms with Crippen LogP contribution in [0.1, 0.15) is 6.92 Å². The molecule has 1 unspecified atom stereocenters. The molecule has 2 aromatic carbocycles. The van der Waals surface area contributed by atoms with Gasteiger partial charge in [0.1, 0.15) is 0 Å². The lowest BCUT2D eigenvalue weighted by atomic mass is 10.3. The molecule has 2 aromatic rings. The van der Waals surface area contributed by atoms with E-state index in [-0.39, 0.29) is 11.2 Å². The Labute approximate surface area is 136 Å². The van der Waals surface area contributed by atoms with Crippen molar-refractivity contribution < 1.29 is 4.79 Å². The maximum atomic E-state index is 12.1. The summed E-state index contributed by atoms with van der Waals surface area (Å²) in [5.41, 5.74) is 7.19. The van der Waals surface area contributed by atoms with Gasteiger partial charge in [-0.1, -0.05) is 0 Å². The lowest BCUT2D eigenvalue weighted by Gasteiger charge is -2.12. The standard InChI is InChI=1S/C15H15IN2OS/c1-10(20-14-8-4-12(17)5-9-14)15(19)18-13-6-2-11(16)3-7-13/h2-10H,17H2,1H3,(H,18,19). The van der Waals surface area contributed by atoms with Gasteiger partial charge in [-0.2, -0.15) is 0 Å². The average molecular weight is 398 g/mol. The summed E-state index contributed by atoms with van der Waals surface area (Å²) in [4.78, 5) is 13.1. The Balaban J connectivity index is 1.94. The number of carbonyl (C=O) groups is 1. The minimum atomic E-state index is -0.169. The smallest absolute Gasteiger partial charge is 0.237 e. The molecule has 0 aliphatic carbocycles. The second kappa shape index (κ2) is 6.99. The summed E-state index contributed by atoms with van der Waals surface area (Å²) in [7, 11) is 0. The molecule has 0 spiro atoms. The molecule has 0 bridgehead atoms. The average Bonchev–Trinajstić information content (AvgIpc) is 2.44. The van der Waals surface area contributed by atoms with Gasteiger partial charge in [0.2, 0.25) is 5.91 Å². The Bertz CT molecular complexity index is 584. The second-order valence-corrected chi connectivity index (χ2v) is 6.99. The molecule has 3 N–H and O–H groups in total. The van der Waals surface area contributed by atoms with Gasteiger partial charge in [-0.3, -0.25) is 4.79 Å². The SMILES string of the molecule is CC(Sc1ccc(N)cc1)C(=O)Nc1ccc(I)cc1. The molecule has 5 heteroatoms. The van der Waals surface area contributed by atoms with E-state index in [1.807, 2.05) is 55.5 Å². The van der Waals surface area contributed by atoms with Gasteiger partial charge in [0, 0.05) is 19.8 Å². The number of hydrogen-bond acceptors (Lipinski definition) is 3. The van der Waals surface area contributed by atoms with Crippen molar-refractivity contribution in [1.82, 2.24) is 0 Å². The molecule has 0 saturated heterocycles. The van der Waals surface area contributed by atoms with E-state index < -0.39 is 0 Å². The molecule has 0 fully saturated rings. The molecule has 3 nitrogen and oxygen atoms in total. The first kappa shape index (κ1) is 15.2. The predicted molar refractivity (Wildman–Crippen MR) is 94.0 cm³/mol. The van der Waals surface area contributed by atoms with E-state index in [1.165, 1.54) is 11.8 Å². The number of nitrogens with one attached hydrogen (secondary N) is 1. The van der Waals surface area contributed by atoms with Crippen LogP contribution in [0.4, 0.5) is 11.4 Å². The van der Waals surface area contributed by atoms with E-state index in [0.29, 0.717) is 0 Å². The van der Waals surface area contributed by atoms with E-state index in [2.05, 4.69) is 27.9 Å². The molecule has 0 aromatic heterocycles. The number of carbonyl (C=O) groups excluding carboxylic acids is 1. The molecule has 2 rings (SSSR count). The zero-order chi connectivity index (χ0) is 14.5. The maximum absolute atomic E-state index is 12.1. The summed E-state index contributed by atoms with van der Waals surface area (Å²) in [6.45, 7) is 1.89. The second-order valence-electron chi connectivity index (χ2n) is 4.33. The third-order valence-corrected chi connectivity index (χ3v) is 4.51. The van der Waals surface area contributed by atoms with Crippen LogP contribution in [0.25, 0.3) is 0 Å². The molecule has 0 saturated carbocycles. The molecule has 0 aliphatic rings. The summed E-state index contributed by atoms with van der Waals surface area (Å²) in [5.74, 6) is -0.00645. The fourth-order valence-electron chi connectivity index (χ4n) is 1.58. The highest BCUT2D eigenvalue weighted by Gasteiger charge is 2.14. The van der Waals surface area contributed by atoms with Crippen molar-refractivity contribution in [2.24, 2.45) is 0 Å². The van der Waals surface area contributed by atoms with Crippen LogP contribution < -0.4 is 11.1 Å². The summed E-state index contributed by atoms with van der Waals surface area (Å²) in [6, 6.07) is 15.3. The highest BCUT2D eigenvalue weighted by Crippen LogP contribution is 2.25. The van der Waals surface area contributed by atoms with E-state index in [1.54, 1.807) is 0 Å². The van der Waals surface area contributed by atoms with Crippen molar-refractivity contribution >= 4 is 51.6 Å². The van der Waals surface area contributed by atoms with E-state index in [4.69, 9.17) is 5.73 Å². The van der Waals surface area contributed by atoms with Gasteiger partial charge in [0.05, 0.1) is 5.25 Å². The summed E-state index contributed by atoms with van der Waals surface area (Å²) >= 11 is 3.75. The van der Waals surface area contributed by atoms with Crippen LogP contribution in [0, 0.1) is 3.57 Å². The first-order valence-electron chi connectivity index (χ1n) is 6.13. The Kier molecular flexibility index (Phi) is 5.31. The van der Waals surface area contributed by atoms with Gasteiger partial charge >= 0.3 is 0 Å². The van der Waals surface area contributed by atoms with Gasteiger partial charge < -0.3 is 11.1 Å². The first-order valence-corrected chi connectivity index (χ1v) is 8.09. The molecule has 104 valence electrons. The lowest BCUT2D eigenvalue weighted by molar-refractivity contribution is -0.115. The molecule has 1 amide bonds. The van der Waals surface area contributed by atoms with Crippen LogP contribution in [0.15, 0.2) is 53.4 Å². The van der Waals surface area contributed by atoms with Crippen molar-refractivity contribution in [1.29, 1.82) is 0 Å². The van der Waals surface area contributed by atoms with Crippen molar-refractivity contribution in [2.45, 2.75) is 17.1 Å². The molecule has 0 radical (unpaired) electrons. The molecule has 0 heterocycles. The highest BCUT2D eigenvalue weighted by atomic mass is 127. The zero-order valence-electron chi connectivity index (χ0n) is 11.0. The quantitative estimate of drug-likeness (QED) is 0.465. The topological polar surface area (TPSA) is 55.1 Å². The lowest BCUT2D eigenvalue weighted by Crippen LogP contribution is -2.22. The van der Waals surface area contributed by atoms with Gasteiger partial charge in [-0.15, -0.1) is 11.8 Å². The van der Waals surface area contributed by atoms with Crippen LogP contribution in [0.2, 0.25) is 0 Å². The van der Waals surface area contributed by atoms with E-state index in [0.717, 1.165) is 19.8 Å². The third-order valence-electron chi connectivity index (χ3n) is 2.67. The van der Waals surface area contributed by atoms with Gasteiger partial charge in [-0.25, -0.2) is 0 Å². The van der Waals surface area contributed by atoms with E-state index >= 15 is 0 Å². The Morgan fingerprint density at radius 2 is 1.75 bits per heavy atom. The number of hydrogen-bond donors (Lipinski definition) is 2.